The Hall–Kier alpha value is -3.28. The van der Waals surface area contributed by atoms with E-state index in [-0.39, 0.29) is 11.9 Å². The van der Waals surface area contributed by atoms with Gasteiger partial charge in [0.2, 0.25) is 0 Å². The van der Waals surface area contributed by atoms with Crippen LogP contribution in [-0.4, -0.2) is 19.0 Å². The van der Waals surface area contributed by atoms with E-state index in [0.29, 0.717) is 17.0 Å². The van der Waals surface area contributed by atoms with Crippen LogP contribution in [0.3, 0.4) is 0 Å². The average molecular weight is 365 g/mol. The van der Waals surface area contributed by atoms with Crippen LogP contribution in [0.2, 0.25) is 0 Å². The molecule has 0 aliphatic carbocycles. The number of benzene rings is 2. The van der Waals surface area contributed by atoms with Crippen molar-refractivity contribution in [3.63, 3.8) is 0 Å². The number of anilines is 1. The molecule has 0 spiro atoms. The molecule has 0 saturated heterocycles. The van der Waals surface area contributed by atoms with E-state index in [2.05, 4.69) is 16.0 Å². The first-order valence-corrected chi connectivity index (χ1v) is 8.70. The van der Waals surface area contributed by atoms with Gasteiger partial charge in [0.1, 0.15) is 5.75 Å². The summed E-state index contributed by atoms with van der Waals surface area (Å²) in [6.45, 7) is 5.67. The molecule has 0 fully saturated rings. The molecule has 6 heteroatoms. The summed E-state index contributed by atoms with van der Waals surface area (Å²) >= 11 is 0. The van der Waals surface area contributed by atoms with Gasteiger partial charge in [0.05, 0.1) is 18.7 Å². The van der Waals surface area contributed by atoms with Crippen LogP contribution in [0.1, 0.15) is 29.7 Å². The standard InChI is InChI=1S/C21H23N3O3/c1-12-9-10-16(13(2)11-12)23-20(25)18-14(3)22-21(26)24-19(18)15-7-5-6-8-17(15)27-4/h5-11,19H,1-4H3,(H,23,25)(H2,22,24,26). The van der Waals surface area contributed by atoms with E-state index >= 15 is 0 Å². The largest absolute Gasteiger partial charge is 0.496 e. The first-order chi connectivity index (χ1) is 12.9. The van der Waals surface area contributed by atoms with Gasteiger partial charge in [-0.2, -0.15) is 0 Å². The monoisotopic (exact) mass is 365 g/mol. The third-order valence-electron chi connectivity index (χ3n) is 4.59. The van der Waals surface area contributed by atoms with Crippen LogP contribution >= 0.6 is 0 Å². The molecule has 0 bridgehead atoms. The van der Waals surface area contributed by atoms with Crippen LogP contribution in [0.4, 0.5) is 10.5 Å². The molecule has 0 saturated carbocycles. The number of para-hydroxylation sites is 1. The zero-order valence-corrected chi connectivity index (χ0v) is 15.8. The molecule has 3 N–H and O–H groups in total. The Morgan fingerprint density at radius 2 is 1.85 bits per heavy atom. The van der Waals surface area contributed by atoms with Crippen molar-refractivity contribution in [2.24, 2.45) is 0 Å². The van der Waals surface area contributed by atoms with Gasteiger partial charge < -0.3 is 20.7 Å². The van der Waals surface area contributed by atoms with E-state index in [4.69, 9.17) is 4.74 Å². The topological polar surface area (TPSA) is 79.5 Å². The average Bonchev–Trinajstić information content (AvgIpc) is 2.63. The van der Waals surface area contributed by atoms with Gasteiger partial charge >= 0.3 is 6.03 Å². The van der Waals surface area contributed by atoms with Crippen LogP contribution in [0.5, 0.6) is 5.75 Å². The van der Waals surface area contributed by atoms with E-state index in [0.717, 1.165) is 22.4 Å². The van der Waals surface area contributed by atoms with Gasteiger partial charge in [-0.15, -0.1) is 0 Å². The number of ether oxygens (including phenoxy) is 1. The van der Waals surface area contributed by atoms with E-state index in [1.54, 1.807) is 20.1 Å². The molecule has 0 radical (unpaired) electrons. The number of hydrogen-bond acceptors (Lipinski definition) is 3. The number of nitrogens with one attached hydrogen (secondary N) is 3. The summed E-state index contributed by atoms with van der Waals surface area (Å²) in [7, 11) is 1.56. The summed E-state index contributed by atoms with van der Waals surface area (Å²) in [5, 5.41) is 8.48. The molecular formula is C21H23N3O3. The lowest BCUT2D eigenvalue weighted by Crippen LogP contribution is -2.46. The van der Waals surface area contributed by atoms with Gasteiger partial charge in [-0.25, -0.2) is 4.79 Å². The Bertz CT molecular complexity index is 934. The number of amides is 3. The van der Waals surface area contributed by atoms with Gasteiger partial charge in [0, 0.05) is 16.9 Å². The predicted octanol–water partition coefficient (Wildman–Crippen LogP) is 3.58. The number of allylic oxidation sites excluding steroid dienone is 1. The minimum absolute atomic E-state index is 0.275. The fraction of sp³-hybridized carbons (Fsp3) is 0.238. The van der Waals surface area contributed by atoms with Crippen LogP contribution in [-0.2, 0) is 4.79 Å². The van der Waals surface area contributed by atoms with Crippen LogP contribution < -0.4 is 20.7 Å². The molecule has 1 aliphatic heterocycles. The molecule has 1 aliphatic rings. The zero-order chi connectivity index (χ0) is 19.6. The molecule has 3 amide bonds. The quantitative estimate of drug-likeness (QED) is 0.775. The van der Waals surface area contributed by atoms with E-state index in [1.807, 2.05) is 50.2 Å². The molecule has 1 unspecified atom stereocenters. The lowest BCUT2D eigenvalue weighted by molar-refractivity contribution is -0.113. The summed E-state index contributed by atoms with van der Waals surface area (Å²) in [5.41, 5.74) is 4.51. The second kappa shape index (κ2) is 7.53. The Morgan fingerprint density at radius 3 is 2.56 bits per heavy atom. The summed E-state index contributed by atoms with van der Waals surface area (Å²) in [6.07, 6.45) is 0. The van der Waals surface area contributed by atoms with E-state index in [9.17, 15) is 9.59 Å². The first-order valence-electron chi connectivity index (χ1n) is 8.70. The Balaban J connectivity index is 2.00. The van der Waals surface area contributed by atoms with Crippen LogP contribution in [0.15, 0.2) is 53.7 Å². The van der Waals surface area contributed by atoms with Crippen molar-refractivity contribution in [2.45, 2.75) is 26.8 Å². The van der Waals surface area contributed by atoms with Gasteiger partial charge in [0.25, 0.3) is 5.91 Å². The Kier molecular flexibility index (Phi) is 5.16. The Labute approximate surface area is 158 Å². The van der Waals surface area contributed by atoms with Crippen molar-refractivity contribution in [3.05, 3.63) is 70.4 Å². The summed E-state index contributed by atoms with van der Waals surface area (Å²) in [6, 6.07) is 12.2. The highest BCUT2D eigenvalue weighted by molar-refractivity contribution is 6.07. The maximum Gasteiger partial charge on any atom is 0.319 e. The molecule has 3 rings (SSSR count). The van der Waals surface area contributed by atoms with E-state index in [1.165, 1.54) is 0 Å². The zero-order valence-electron chi connectivity index (χ0n) is 15.8. The van der Waals surface area contributed by atoms with Gasteiger partial charge in [-0.3, -0.25) is 4.79 Å². The number of carbonyl (C=O) groups excluding carboxylic acids is 2. The minimum atomic E-state index is -0.611. The number of carbonyl (C=O) groups is 2. The van der Waals surface area contributed by atoms with Crippen LogP contribution in [0.25, 0.3) is 0 Å². The summed E-state index contributed by atoms with van der Waals surface area (Å²) in [5.74, 6) is 0.331. The maximum absolute atomic E-state index is 13.1. The molecule has 140 valence electrons. The number of rotatable bonds is 4. The number of hydrogen-bond donors (Lipinski definition) is 3. The molecule has 0 aromatic heterocycles. The van der Waals surface area contributed by atoms with Crippen molar-refractivity contribution in [1.29, 1.82) is 0 Å². The number of urea groups is 1. The van der Waals surface area contributed by atoms with Crippen molar-refractivity contribution < 1.29 is 14.3 Å². The van der Waals surface area contributed by atoms with Crippen molar-refractivity contribution in [3.8, 4) is 5.75 Å². The minimum Gasteiger partial charge on any atom is -0.496 e. The van der Waals surface area contributed by atoms with Gasteiger partial charge in [-0.05, 0) is 38.5 Å². The maximum atomic E-state index is 13.1. The third-order valence-corrected chi connectivity index (χ3v) is 4.59. The number of methoxy groups -OCH3 is 1. The van der Waals surface area contributed by atoms with Crippen molar-refractivity contribution in [2.75, 3.05) is 12.4 Å². The highest BCUT2D eigenvalue weighted by Crippen LogP contribution is 2.33. The third kappa shape index (κ3) is 3.79. The van der Waals surface area contributed by atoms with Gasteiger partial charge in [-0.1, -0.05) is 35.9 Å². The summed E-state index contributed by atoms with van der Waals surface area (Å²) in [4.78, 5) is 25.1. The SMILES string of the molecule is COc1ccccc1C1NC(=O)NC(C)=C1C(=O)Nc1ccc(C)cc1C. The van der Waals surface area contributed by atoms with Crippen molar-refractivity contribution in [1.82, 2.24) is 10.6 Å². The highest BCUT2D eigenvalue weighted by atomic mass is 16.5. The molecule has 1 atom stereocenters. The Morgan fingerprint density at radius 1 is 1.11 bits per heavy atom. The van der Waals surface area contributed by atoms with Gasteiger partial charge in [0.15, 0.2) is 0 Å². The van der Waals surface area contributed by atoms with Crippen LogP contribution in [0, 0.1) is 13.8 Å². The molecule has 2 aromatic rings. The normalized spacial score (nSPS) is 16.4. The molecule has 2 aromatic carbocycles. The second-order valence-electron chi connectivity index (χ2n) is 6.58. The predicted molar refractivity (Wildman–Crippen MR) is 105 cm³/mol. The molecule has 1 heterocycles. The lowest BCUT2D eigenvalue weighted by atomic mass is 9.94. The smallest absolute Gasteiger partial charge is 0.319 e. The highest BCUT2D eigenvalue weighted by Gasteiger charge is 2.32. The fourth-order valence-electron chi connectivity index (χ4n) is 3.28. The fourth-order valence-corrected chi connectivity index (χ4v) is 3.28. The van der Waals surface area contributed by atoms with E-state index < -0.39 is 6.04 Å². The number of aryl methyl sites for hydroxylation is 2. The molecular weight excluding hydrogens is 342 g/mol. The summed E-state index contributed by atoms with van der Waals surface area (Å²) < 4.78 is 5.42. The van der Waals surface area contributed by atoms with Crippen molar-refractivity contribution >= 4 is 17.6 Å². The first kappa shape index (κ1) is 18.5. The molecule has 6 nitrogen and oxygen atoms in total. The lowest BCUT2D eigenvalue weighted by Gasteiger charge is -2.29. The molecule has 27 heavy (non-hydrogen) atoms. The second-order valence-corrected chi connectivity index (χ2v) is 6.58.